The van der Waals surface area contributed by atoms with Gasteiger partial charge >= 0.3 is 0 Å². The van der Waals surface area contributed by atoms with Gasteiger partial charge in [-0.1, -0.05) is 11.6 Å². The molecule has 1 amide bonds. The summed E-state index contributed by atoms with van der Waals surface area (Å²) in [5.74, 6) is -0.190. The largest absolute Gasteiger partial charge is 0.285 e. The Hall–Kier alpha value is -0.580. The van der Waals surface area contributed by atoms with Gasteiger partial charge in [-0.2, -0.15) is 0 Å². The van der Waals surface area contributed by atoms with Gasteiger partial charge in [0.25, 0.3) is 5.91 Å². The first-order valence-electron chi connectivity index (χ1n) is 3.94. The number of amides is 1. The lowest BCUT2D eigenvalue weighted by atomic mass is 10.2. The summed E-state index contributed by atoms with van der Waals surface area (Å²) in [5, 5.41) is 2.12. The molecule has 0 atom stereocenters. The van der Waals surface area contributed by atoms with Gasteiger partial charge in [0.1, 0.15) is 0 Å². The number of nitrogens with zero attached hydrogens (tertiary/aromatic N) is 1. The lowest BCUT2D eigenvalue weighted by Gasteiger charge is -2.12. The average Bonchev–Trinajstić information content (AvgIpc) is 2.08. The van der Waals surface area contributed by atoms with Gasteiger partial charge in [0.2, 0.25) is 0 Å². The number of nitrogens with one attached hydrogen (secondary N) is 1. The van der Waals surface area contributed by atoms with Crippen molar-refractivity contribution in [1.29, 1.82) is 0 Å². The van der Waals surface area contributed by atoms with E-state index in [0.29, 0.717) is 10.6 Å². The van der Waals surface area contributed by atoms with Gasteiger partial charge in [0.15, 0.2) is 0 Å². The molecule has 14 heavy (non-hydrogen) atoms. The Morgan fingerprint density at radius 3 is 2.71 bits per heavy atom. The first-order valence-corrected chi connectivity index (χ1v) is 5.11. The van der Waals surface area contributed by atoms with E-state index in [-0.39, 0.29) is 5.91 Å². The van der Waals surface area contributed by atoms with Crippen molar-refractivity contribution >= 4 is 33.4 Å². The number of benzene rings is 1. The first kappa shape index (κ1) is 11.5. The van der Waals surface area contributed by atoms with E-state index in [1.54, 1.807) is 37.3 Å². The van der Waals surface area contributed by atoms with Crippen LogP contribution in [0.4, 0.5) is 0 Å². The van der Waals surface area contributed by atoms with E-state index in [2.05, 4.69) is 21.4 Å². The molecule has 0 fully saturated rings. The molecule has 0 aromatic heterocycles. The molecule has 0 saturated carbocycles. The van der Waals surface area contributed by atoms with Crippen LogP contribution < -0.4 is 5.43 Å². The SMILES string of the molecule is CN(C)NC(=O)c1cc(Cl)ccc1Br. The molecule has 0 aliphatic carbocycles. The predicted molar refractivity (Wildman–Crippen MR) is 60.3 cm³/mol. The summed E-state index contributed by atoms with van der Waals surface area (Å²) in [4.78, 5) is 11.6. The van der Waals surface area contributed by atoms with E-state index >= 15 is 0 Å². The smallest absolute Gasteiger partial charge is 0.266 e. The molecule has 0 radical (unpaired) electrons. The molecule has 0 aliphatic heterocycles. The summed E-state index contributed by atoms with van der Waals surface area (Å²) in [6, 6.07) is 5.08. The van der Waals surface area contributed by atoms with E-state index < -0.39 is 0 Å². The number of hydrogen-bond donors (Lipinski definition) is 1. The molecule has 0 bridgehead atoms. The molecule has 76 valence electrons. The van der Waals surface area contributed by atoms with Crippen LogP contribution in [0.2, 0.25) is 5.02 Å². The fourth-order valence-corrected chi connectivity index (χ4v) is 1.53. The Bertz CT molecular complexity index is 355. The summed E-state index contributed by atoms with van der Waals surface area (Å²) in [7, 11) is 3.49. The van der Waals surface area contributed by atoms with Crippen molar-refractivity contribution in [2.24, 2.45) is 0 Å². The summed E-state index contributed by atoms with van der Waals surface area (Å²) in [5.41, 5.74) is 3.15. The van der Waals surface area contributed by atoms with Crippen LogP contribution in [0.5, 0.6) is 0 Å². The third-order valence-corrected chi connectivity index (χ3v) is 2.42. The van der Waals surface area contributed by atoms with E-state index in [1.807, 2.05) is 0 Å². The number of carbonyl (C=O) groups excluding carboxylic acids is 1. The number of halogens is 2. The van der Waals surface area contributed by atoms with Gasteiger partial charge < -0.3 is 0 Å². The summed E-state index contributed by atoms with van der Waals surface area (Å²) in [6.07, 6.45) is 0. The first-order chi connectivity index (χ1) is 6.50. The van der Waals surface area contributed by atoms with Crippen molar-refractivity contribution in [3.63, 3.8) is 0 Å². The predicted octanol–water partition coefficient (Wildman–Crippen LogP) is 2.31. The number of carbonyl (C=O) groups is 1. The van der Waals surface area contributed by atoms with Gasteiger partial charge in [-0.05, 0) is 34.1 Å². The van der Waals surface area contributed by atoms with Crippen molar-refractivity contribution < 1.29 is 4.79 Å². The minimum absolute atomic E-state index is 0.190. The molecule has 3 nitrogen and oxygen atoms in total. The minimum Gasteiger partial charge on any atom is -0.285 e. The van der Waals surface area contributed by atoms with E-state index in [1.165, 1.54) is 0 Å². The molecule has 0 unspecified atom stereocenters. The summed E-state index contributed by atoms with van der Waals surface area (Å²) < 4.78 is 0.723. The maximum absolute atomic E-state index is 11.6. The lowest BCUT2D eigenvalue weighted by molar-refractivity contribution is 0.0856. The Balaban J connectivity index is 2.94. The summed E-state index contributed by atoms with van der Waals surface area (Å²) in [6.45, 7) is 0. The minimum atomic E-state index is -0.190. The maximum atomic E-state index is 11.6. The average molecular weight is 278 g/mol. The molecule has 5 heteroatoms. The van der Waals surface area contributed by atoms with Crippen LogP contribution in [0.3, 0.4) is 0 Å². The van der Waals surface area contributed by atoms with E-state index in [0.717, 1.165) is 4.47 Å². The molecule has 0 spiro atoms. The molecule has 0 heterocycles. The standard InChI is InChI=1S/C9H10BrClN2O/c1-13(2)12-9(14)7-5-6(11)3-4-8(7)10/h3-5H,1-2H3,(H,12,14). The van der Waals surface area contributed by atoms with E-state index in [9.17, 15) is 4.79 Å². The zero-order valence-corrected chi connectivity index (χ0v) is 10.2. The molecule has 1 aromatic carbocycles. The molecular weight excluding hydrogens is 267 g/mol. The maximum Gasteiger partial charge on any atom is 0.266 e. The zero-order chi connectivity index (χ0) is 10.7. The Labute approximate surface area is 96.1 Å². The monoisotopic (exact) mass is 276 g/mol. The van der Waals surface area contributed by atoms with Crippen LogP contribution in [0.25, 0.3) is 0 Å². The van der Waals surface area contributed by atoms with Crippen molar-refractivity contribution in [3.05, 3.63) is 33.3 Å². The quantitative estimate of drug-likeness (QED) is 0.842. The highest BCUT2D eigenvalue weighted by molar-refractivity contribution is 9.10. The molecule has 1 N–H and O–H groups in total. The van der Waals surface area contributed by atoms with Crippen molar-refractivity contribution in [1.82, 2.24) is 10.4 Å². The molecule has 0 saturated heterocycles. The Morgan fingerprint density at radius 2 is 2.14 bits per heavy atom. The Kier molecular flexibility index (Phi) is 3.92. The van der Waals surface area contributed by atoms with Gasteiger partial charge in [-0.25, -0.2) is 5.01 Å². The Morgan fingerprint density at radius 1 is 1.50 bits per heavy atom. The lowest BCUT2D eigenvalue weighted by Crippen LogP contribution is -2.36. The summed E-state index contributed by atoms with van der Waals surface area (Å²) >= 11 is 9.07. The second kappa shape index (κ2) is 4.77. The molecular formula is C9H10BrClN2O. The molecule has 1 rings (SSSR count). The number of hydrazine groups is 1. The van der Waals surface area contributed by atoms with Crippen LogP contribution in [0, 0.1) is 0 Å². The van der Waals surface area contributed by atoms with Crippen LogP contribution >= 0.6 is 27.5 Å². The molecule has 1 aromatic rings. The van der Waals surface area contributed by atoms with Crippen LogP contribution in [0.1, 0.15) is 10.4 Å². The number of rotatable bonds is 2. The van der Waals surface area contributed by atoms with Gasteiger partial charge in [-0.15, -0.1) is 0 Å². The highest BCUT2D eigenvalue weighted by atomic mass is 79.9. The van der Waals surface area contributed by atoms with Crippen LogP contribution in [0.15, 0.2) is 22.7 Å². The van der Waals surface area contributed by atoms with Crippen molar-refractivity contribution in [3.8, 4) is 0 Å². The molecule has 0 aliphatic rings. The van der Waals surface area contributed by atoms with Crippen molar-refractivity contribution in [2.75, 3.05) is 14.1 Å². The highest BCUT2D eigenvalue weighted by Gasteiger charge is 2.10. The third kappa shape index (κ3) is 2.97. The van der Waals surface area contributed by atoms with Crippen LogP contribution in [-0.2, 0) is 0 Å². The topological polar surface area (TPSA) is 32.3 Å². The van der Waals surface area contributed by atoms with Crippen LogP contribution in [-0.4, -0.2) is 25.0 Å². The highest BCUT2D eigenvalue weighted by Crippen LogP contribution is 2.20. The zero-order valence-electron chi connectivity index (χ0n) is 7.84. The van der Waals surface area contributed by atoms with E-state index in [4.69, 9.17) is 11.6 Å². The number of hydrogen-bond acceptors (Lipinski definition) is 2. The van der Waals surface area contributed by atoms with Gasteiger partial charge in [0, 0.05) is 23.6 Å². The normalized spacial score (nSPS) is 10.4. The second-order valence-electron chi connectivity index (χ2n) is 2.96. The fraction of sp³-hybridized carbons (Fsp3) is 0.222. The van der Waals surface area contributed by atoms with Gasteiger partial charge in [-0.3, -0.25) is 10.2 Å². The van der Waals surface area contributed by atoms with Crippen molar-refractivity contribution in [2.45, 2.75) is 0 Å². The third-order valence-electron chi connectivity index (χ3n) is 1.50. The second-order valence-corrected chi connectivity index (χ2v) is 4.25. The fourth-order valence-electron chi connectivity index (χ4n) is 0.935. The van der Waals surface area contributed by atoms with Gasteiger partial charge in [0.05, 0.1) is 5.56 Å².